The number of hydrogen-bond acceptors (Lipinski definition) is 4. The summed E-state index contributed by atoms with van der Waals surface area (Å²) in [7, 11) is -6.09. The van der Waals surface area contributed by atoms with Gasteiger partial charge in [-0.2, -0.15) is 13.2 Å². The number of benzene rings is 2. The molecule has 1 heterocycles. The first-order valence-corrected chi connectivity index (χ1v) is 9.93. The second-order valence-corrected chi connectivity index (χ2v) is 7.20. The van der Waals surface area contributed by atoms with Crippen molar-refractivity contribution < 1.29 is 35.5 Å². The minimum Gasteiger partial charge on any atom is -0.741 e. The smallest absolute Gasteiger partial charge is 0.485 e. The summed E-state index contributed by atoms with van der Waals surface area (Å²) in [5.41, 5.74) is -2.35. The van der Waals surface area contributed by atoms with Gasteiger partial charge in [-0.15, -0.1) is 0 Å². The average molecular weight is 425 g/mol. The highest BCUT2D eigenvalue weighted by Gasteiger charge is 2.36. The van der Waals surface area contributed by atoms with Crippen LogP contribution in [0.4, 0.5) is 13.2 Å². The molecule has 0 bridgehead atoms. The quantitative estimate of drug-likeness (QED) is 0.305. The molecular formula is C20H18F3NO4S. The highest BCUT2D eigenvalue weighted by atomic mass is 32.2. The van der Waals surface area contributed by atoms with Gasteiger partial charge in [0.2, 0.25) is 0 Å². The van der Waals surface area contributed by atoms with Crippen molar-refractivity contribution in [2.45, 2.75) is 5.51 Å². The van der Waals surface area contributed by atoms with Crippen LogP contribution < -0.4 is 0 Å². The Morgan fingerprint density at radius 3 is 1.93 bits per heavy atom. The lowest BCUT2D eigenvalue weighted by Crippen LogP contribution is -2.33. The first-order valence-electron chi connectivity index (χ1n) is 8.53. The molecule has 1 aliphatic heterocycles. The first-order chi connectivity index (χ1) is 13.7. The van der Waals surface area contributed by atoms with Crippen LogP contribution in [-0.4, -0.2) is 55.1 Å². The minimum absolute atomic E-state index is 0.767. The van der Waals surface area contributed by atoms with E-state index in [-0.39, 0.29) is 0 Å². The van der Waals surface area contributed by atoms with Crippen LogP contribution in [0.3, 0.4) is 0 Å². The van der Waals surface area contributed by atoms with Gasteiger partial charge >= 0.3 is 5.51 Å². The summed E-state index contributed by atoms with van der Waals surface area (Å²) >= 11 is 0. The molecule has 29 heavy (non-hydrogen) atoms. The number of hydrogen-bond donors (Lipinski definition) is 0. The van der Waals surface area contributed by atoms with Gasteiger partial charge in [0.25, 0.3) is 5.71 Å². The molecule has 2 aromatic rings. The molecule has 0 aliphatic carbocycles. The van der Waals surface area contributed by atoms with Crippen molar-refractivity contribution >= 4 is 15.8 Å². The van der Waals surface area contributed by atoms with Crippen LogP contribution in [0.5, 0.6) is 0 Å². The average Bonchev–Trinajstić information content (AvgIpc) is 2.70. The fraction of sp³-hybridized carbons (Fsp3) is 0.250. The van der Waals surface area contributed by atoms with Crippen molar-refractivity contribution in [2.75, 3.05) is 26.3 Å². The van der Waals surface area contributed by atoms with Gasteiger partial charge in [-0.3, -0.25) is 0 Å². The SMILES string of the molecule is C(#Cc1ccccc1)C(c1ccccc1)=[N+]1CCOCC1.O=S(=O)([O-])C(F)(F)F. The summed E-state index contributed by atoms with van der Waals surface area (Å²) in [6.45, 7) is 3.33. The summed E-state index contributed by atoms with van der Waals surface area (Å²) in [5.74, 6) is 6.63. The maximum absolute atomic E-state index is 10.7. The van der Waals surface area contributed by atoms with E-state index < -0.39 is 15.6 Å². The number of rotatable bonds is 1. The van der Waals surface area contributed by atoms with E-state index in [2.05, 4.69) is 40.7 Å². The Labute approximate surface area is 167 Å². The molecule has 0 radical (unpaired) electrons. The van der Waals surface area contributed by atoms with Crippen molar-refractivity contribution in [3.8, 4) is 11.8 Å². The van der Waals surface area contributed by atoms with Crippen LogP contribution >= 0.6 is 0 Å². The second-order valence-electron chi connectivity index (χ2n) is 5.83. The van der Waals surface area contributed by atoms with Gasteiger partial charge in [0.1, 0.15) is 13.2 Å². The van der Waals surface area contributed by atoms with E-state index in [1.54, 1.807) is 0 Å². The number of morpholine rings is 1. The van der Waals surface area contributed by atoms with E-state index in [9.17, 15) is 13.2 Å². The highest BCUT2D eigenvalue weighted by molar-refractivity contribution is 7.86. The molecule has 2 aromatic carbocycles. The number of halogens is 3. The van der Waals surface area contributed by atoms with Gasteiger partial charge in [0.15, 0.2) is 23.2 Å². The van der Waals surface area contributed by atoms with Gasteiger partial charge < -0.3 is 9.29 Å². The highest BCUT2D eigenvalue weighted by Crippen LogP contribution is 2.20. The van der Waals surface area contributed by atoms with Crippen molar-refractivity contribution in [3.63, 3.8) is 0 Å². The zero-order chi connectivity index (χ0) is 21.3. The molecule has 1 fully saturated rings. The van der Waals surface area contributed by atoms with Gasteiger partial charge in [-0.1, -0.05) is 42.3 Å². The van der Waals surface area contributed by atoms with Crippen molar-refractivity contribution in [1.29, 1.82) is 0 Å². The summed E-state index contributed by atoms with van der Waals surface area (Å²) in [4.78, 5) is 0. The van der Waals surface area contributed by atoms with Crippen LogP contribution in [-0.2, 0) is 14.9 Å². The summed E-state index contributed by atoms with van der Waals surface area (Å²) in [6, 6.07) is 20.5. The lowest BCUT2D eigenvalue weighted by molar-refractivity contribution is -0.547. The second kappa shape index (κ2) is 10.2. The van der Waals surface area contributed by atoms with Crippen LogP contribution in [0, 0.1) is 11.8 Å². The molecule has 1 saturated heterocycles. The third-order valence-electron chi connectivity index (χ3n) is 3.76. The van der Waals surface area contributed by atoms with Crippen LogP contribution in [0.25, 0.3) is 0 Å². The van der Waals surface area contributed by atoms with Crippen molar-refractivity contribution in [2.24, 2.45) is 0 Å². The normalized spacial score (nSPS) is 14.1. The molecule has 3 rings (SSSR count). The summed E-state index contributed by atoms with van der Waals surface area (Å²) in [6.07, 6.45) is 0. The van der Waals surface area contributed by atoms with Gasteiger partial charge in [-0.05, 0) is 24.3 Å². The van der Waals surface area contributed by atoms with E-state index in [0.29, 0.717) is 0 Å². The molecule has 9 heteroatoms. The predicted octanol–water partition coefficient (Wildman–Crippen LogP) is 2.62. The van der Waals surface area contributed by atoms with Crippen LogP contribution in [0.15, 0.2) is 60.7 Å². The zero-order valence-corrected chi connectivity index (χ0v) is 16.0. The zero-order valence-electron chi connectivity index (χ0n) is 15.2. The molecule has 0 aromatic heterocycles. The van der Waals surface area contributed by atoms with Crippen LogP contribution in [0.1, 0.15) is 11.1 Å². The first kappa shape index (κ1) is 22.6. The lowest BCUT2D eigenvalue weighted by Gasteiger charge is -2.12. The number of alkyl halides is 3. The summed E-state index contributed by atoms with van der Waals surface area (Å²) in [5, 5.41) is 0. The largest absolute Gasteiger partial charge is 0.741 e. The molecule has 0 spiro atoms. The fourth-order valence-corrected chi connectivity index (χ4v) is 2.37. The molecule has 0 amide bonds. The monoisotopic (exact) mass is 425 g/mol. The third kappa shape index (κ3) is 7.34. The summed E-state index contributed by atoms with van der Waals surface area (Å²) < 4.78 is 66.7. The Kier molecular flexibility index (Phi) is 7.96. The molecule has 0 N–H and O–H groups in total. The molecular weight excluding hydrogens is 407 g/mol. The van der Waals surface area contributed by atoms with Gasteiger partial charge in [-0.25, -0.2) is 13.0 Å². The lowest BCUT2D eigenvalue weighted by atomic mass is 10.1. The Bertz CT molecular complexity index is 985. The Morgan fingerprint density at radius 2 is 1.45 bits per heavy atom. The molecule has 0 atom stereocenters. The molecule has 154 valence electrons. The predicted molar refractivity (Wildman–Crippen MR) is 100 cm³/mol. The Hall–Kier alpha value is -2.67. The van der Waals surface area contributed by atoms with Gasteiger partial charge in [0.05, 0.1) is 5.56 Å². The fourth-order valence-electron chi connectivity index (χ4n) is 2.37. The molecule has 1 aliphatic rings. The molecule has 0 unspecified atom stereocenters. The molecule has 5 nitrogen and oxygen atoms in total. The maximum atomic E-state index is 10.7. The van der Waals surface area contributed by atoms with Crippen molar-refractivity contribution in [3.05, 3.63) is 71.8 Å². The van der Waals surface area contributed by atoms with E-state index in [1.807, 2.05) is 36.4 Å². The Balaban J connectivity index is 0.000000321. The molecule has 0 saturated carbocycles. The van der Waals surface area contributed by atoms with E-state index in [0.717, 1.165) is 37.6 Å². The van der Waals surface area contributed by atoms with E-state index in [4.69, 9.17) is 17.7 Å². The van der Waals surface area contributed by atoms with Crippen molar-refractivity contribution in [1.82, 2.24) is 0 Å². The maximum Gasteiger partial charge on any atom is 0.485 e. The topological polar surface area (TPSA) is 69.4 Å². The van der Waals surface area contributed by atoms with Gasteiger partial charge in [0, 0.05) is 11.5 Å². The minimum atomic E-state index is -6.09. The van der Waals surface area contributed by atoms with E-state index in [1.165, 1.54) is 5.56 Å². The number of nitrogens with zero attached hydrogens (tertiary/aromatic N) is 1. The van der Waals surface area contributed by atoms with E-state index >= 15 is 0 Å². The number of ether oxygens (including phenoxy) is 1. The van der Waals surface area contributed by atoms with Crippen LogP contribution in [0.2, 0.25) is 0 Å². The standard InChI is InChI=1S/C19H18NO.CHF3O3S/c1-3-7-17(8-4-1)11-12-19(18-9-5-2-6-10-18)20-13-15-21-16-14-20;2-1(3,4)8(5,6)7/h1-10H,13-16H2;(H,5,6,7)/q+1;/p-1. The third-order valence-corrected chi connectivity index (χ3v) is 4.32. The Morgan fingerprint density at radius 1 is 0.966 bits per heavy atom.